The van der Waals surface area contributed by atoms with Gasteiger partial charge in [-0.05, 0) is 42.2 Å². The van der Waals surface area contributed by atoms with E-state index in [1.165, 1.54) is 4.88 Å². The highest BCUT2D eigenvalue weighted by Gasteiger charge is 2.07. The third kappa shape index (κ3) is 4.26. The Bertz CT molecular complexity index is 798. The van der Waals surface area contributed by atoms with Crippen LogP contribution in [0.4, 0.5) is 0 Å². The molecule has 0 aliphatic carbocycles. The van der Waals surface area contributed by atoms with E-state index in [9.17, 15) is 4.79 Å². The van der Waals surface area contributed by atoms with E-state index >= 15 is 0 Å². The van der Waals surface area contributed by atoms with Crippen molar-refractivity contribution in [3.05, 3.63) is 71.1 Å². The van der Waals surface area contributed by atoms with Gasteiger partial charge >= 0.3 is 5.97 Å². The maximum absolute atomic E-state index is 11.8. The second kappa shape index (κ2) is 7.84. The molecule has 2 heterocycles. The molecule has 0 spiro atoms. The van der Waals surface area contributed by atoms with Gasteiger partial charge in [0, 0.05) is 18.8 Å². The van der Waals surface area contributed by atoms with Crippen LogP contribution in [0.3, 0.4) is 0 Å². The fourth-order valence-corrected chi connectivity index (χ4v) is 3.17. The zero-order chi connectivity index (χ0) is 16.8. The molecule has 0 aliphatic rings. The minimum atomic E-state index is -0.186. The smallest absolute Gasteiger partial charge is 0.306 e. The zero-order valence-electron chi connectivity index (χ0n) is 13.4. The van der Waals surface area contributed by atoms with Crippen molar-refractivity contribution >= 4 is 17.3 Å². The second-order valence-electron chi connectivity index (χ2n) is 5.48. The number of ether oxygens (including phenoxy) is 1. The van der Waals surface area contributed by atoms with Crippen molar-refractivity contribution in [3.8, 4) is 10.4 Å². The summed E-state index contributed by atoms with van der Waals surface area (Å²) in [4.78, 5) is 21.2. The number of nitrogens with zero attached hydrogens (tertiary/aromatic N) is 2. The number of aromatic nitrogens is 2. The highest BCUT2D eigenvalue weighted by atomic mass is 32.1. The lowest BCUT2D eigenvalue weighted by molar-refractivity contribution is -0.144. The quantitative estimate of drug-likeness (QED) is 0.632. The average Bonchev–Trinajstić information content (AvgIpc) is 3.05. The van der Waals surface area contributed by atoms with Gasteiger partial charge in [-0.1, -0.05) is 24.3 Å². The monoisotopic (exact) mass is 338 g/mol. The molecule has 0 saturated carbocycles. The number of thiazole rings is 1. The molecule has 0 aliphatic heterocycles. The predicted octanol–water partition coefficient (Wildman–Crippen LogP) is 4.19. The highest BCUT2D eigenvalue weighted by molar-refractivity contribution is 7.13. The van der Waals surface area contributed by atoms with Crippen LogP contribution < -0.4 is 0 Å². The molecular formula is C19H18N2O2S. The summed E-state index contributed by atoms with van der Waals surface area (Å²) in [6.45, 7) is 2.31. The number of carbonyl (C=O) groups excluding carboxylic acids is 1. The van der Waals surface area contributed by atoms with Crippen LogP contribution in [0.1, 0.15) is 23.2 Å². The minimum absolute atomic E-state index is 0.186. The Morgan fingerprint density at radius 3 is 2.50 bits per heavy atom. The molecule has 4 nitrogen and oxygen atoms in total. The molecule has 3 aromatic rings. The Morgan fingerprint density at radius 2 is 1.83 bits per heavy atom. The van der Waals surface area contributed by atoms with Crippen LogP contribution >= 0.6 is 11.3 Å². The standard InChI is InChI=1S/C19H18N2O2S/c1-14-19(24-13-21-14)17-5-2-16(3-6-17)12-23-18(22)7-4-15-8-10-20-11-9-15/h2-3,5-6,8-11,13H,4,7,12H2,1H3. The molecule has 0 N–H and O–H groups in total. The van der Waals surface area contributed by atoms with Crippen molar-refractivity contribution in [1.29, 1.82) is 0 Å². The van der Waals surface area contributed by atoms with E-state index in [0.717, 1.165) is 22.4 Å². The summed E-state index contributed by atoms with van der Waals surface area (Å²) in [5.74, 6) is -0.186. The number of rotatable bonds is 6. The Balaban J connectivity index is 1.49. The first-order valence-corrected chi connectivity index (χ1v) is 8.64. The first-order chi connectivity index (χ1) is 11.7. The van der Waals surface area contributed by atoms with E-state index in [1.807, 2.05) is 48.8 Å². The van der Waals surface area contributed by atoms with Gasteiger partial charge in [-0.25, -0.2) is 4.98 Å². The molecule has 0 atom stereocenters. The maximum atomic E-state index is 11.8. The number of pyridine rings is 1. The zero-order valence-corrected chi connectivity index (χ0v) is 14.3. The summed E-state index contributed by atoms with van der Waals surface area (Å²) in [6, 6.07) is 11.9. The van der Waals surface area contributed by atoms with Crippen molar-refractivity contribution < 1.29 is 9.53 Å². The van der Waals surface area contributed by atoms with Crippen molar-refractivity contribution in [2.75, 3.05) is 0 Å². The predicted molar refractivity (Wildman–Crippen MR) is 94.6 cm³/mol. The fourth-order valence-electron chi connectivity index (χ4n) is 2.36. The number of benzene rings is 1. The van der Waals surface area contributed by atoms with Gasteiger partial charge in [0.1, 0.15) is 6.61 Å². The van der Waals surface area contributed by atoms with Gasteiger partial charge in [0.15, 0.2) is 0 Å². The van der Waals surface area contributed by atoms with E-state index in [0.29, 0.717) is 19.4 Å². The third-order valence-electron chi connectivity index (χ3n) is 3.73. The summed E-state index contributed by atoms with van der Waals surface area (Å²) < 4.78 is 5.34. The van der Waals surface area contributed by atoms with Crippen LogP contribution in [-0.4, -0.2) is 15.9 Å². The van der Waals surface area contributed by atoms with Crippen LogP contribution in [0.25, 0.3) is 10.4 Å². The summed E-state index contributed by atoms with van der Waals surface area (Å²) in [7, 11) is 0. The van der Waals surface area contributed by atoms with Crippen molar-refractivity contribution in [3.63, 3.8) is 0 Å². The Hall–Kier alpha value is -2.53. The van der Waals surface area contributed by atoms with Crippen LogP contribution in [0.5, 0.6) is 0 Å². The Morgan fingerprint density at radius 1 is 1.08 bits per heavy atom. The number of hydrogen-bond donors (Lipinski definition) is 0. The Labute approximate surface area is 145 Å². The molecule has 24 heavy (non-hydrogen) atoms. The summed E-state index contributed by atoms with van der Waals surface area (Å²) in [5, 5.41) is 0. The molecule has 2 aromatic heterocycles. The lowest BCUT2D eigenvalue weighted by Crippen LogP contribution is -2.06. The summed E-state index contributed by atoms with van der Waals surface area (Å²) >= 11 is 1.63. The van der Waals surface area contributed by atoms with Crippen molar-refractivity contribution in [2.24, 2.45) is 0 Å². The number of hydrogen-bond acceptors (Lipinski definition) is 5. The van der Waals surface area contributed by atoms with Crippen molar-refractivity contribution in [2.45, 2.75) is 26.4 Å². The molecule has 0 fully saturated rings. The van der Waals surface area contributed by atoms with E-state index in [1.54, 1.807) is 23.7 Å². The van der Waals surface area contributed by atoms with E-state index in [2.05, 4.69) is 9.97 Å². The van der Waals surface area contributed by atoms with Crippen LogP contribution in [0.2, 0.25) is 0 Å². The van der Waals surface area contributed by atoms with Crippen LogP contribution in [0, 0.1) is 6.92 Å². The molecule has 1 aromatic carbocycles. The SMILES string of the molecule is Cc1ncsc1-c1ccc(COC(=O)CCc2ccncc2)cc1. The van der Waals surface area contributed by atoms with E-state index in [-0.39, 0.29) is 5.97 Å². The normalized spacial score (nSPS) is 10.5. The van der Waals surface area contributed by atoms with Gasteiger partial charge in [-0.2, -0.15) is 0 Å². The largest absolute Gasteiger partial charge is 0.461 e. The molecule has 0 unspecified atom stereocenters. The maximum Gasteiger partial charge on any atom is 0.306 e. The van der Waals surface area contributed by atoms with Gasteiger partial charge in [0.05, 0.1) is 16.1 Å². The van der Waals surface area contributed by atoms with Gasteiger partial charge in [0.25, 0.3) is 0 Å². The first-order valence-electron chi connectivity index (χ1n) is 7.76. The average molecular weight is 338 g/mol. The van der Waals surface area contributed by atoms with Gasteiger partial charge in [-0.3, -0.25) is 9.78 Å². The van der Waals surface area contributed by atoms with Gasteiger partial charge < -0.3 is 4.74 Å². The number of esters is 1. The van der Waals surface area contributed by atoms with Crippen molar-refractivity contribution in [1.82, 2.24) is 9.97 Å². The van der Waals surface area contributed by atoms with Crippen LogP contribution in [0.15, 0.2) is 54.3 Å². The third-order valence-corrected chi connectivity index (χ3v) is 4.71. The molecule has 5 heteroatoms. The highest BCUT2D eigenvalue weighted by Crippen LogP contribution is 2.27. The number of aryl methyl sites for hydroxylation is 2. The minimum Gasteiger partial charge on any atom is -0.461 e. The second-order valence-corrected chi connectivity index (χ2v) is 6.33. The van der Waals surface area contributed by atoms with E-state index in [4.69, 9.17) is 4.74 Å². The fraction of sp³-hybridized carbons (Fsp3) is 0.211. The summed E-state index contributed by atoms with van der Waals surface area (Å²) in [5.41, 5.74) is 6.10. The first kappa shape index (κ1) is 16.3. The molecule has 122 valence electrons. The van der Waals surface area contributed by atoms with Gasteiger partial charge in [0.2, 0.25) is 0 Å². The molecule has 0 amide bonds. The molecular weight excluding hydrogens is 320 g/mol. The lowest BCUT2D eigenvalue weighted by atomic mass is 10.1. The van der Waals surface area contributed by atoms with Gasteiger partial charge in [-0.15, -0.1) is 11.3 Å². The van der Waals surface area contributed by atoms with E-state index < -0.39 is 0 Å². The molecule has 0 radical (unpaired) electrons. The lowest BCUT2D eigenvalue weighted by Gasteiger charge is -2.06. The van der Waals surface area contributed by atoms with Crippen LogP contribution in [-0.2, 0) is 22.6 Å². The molecule has 0 bridgehead atoms. The number of carbonyl (C=O) groups is 1. The topological polar surface area (TPSA) is 52.1 Å². The molecule has 3 rings (SSSR count). The molecule has 0 saturated heterocycles. The summed E-state index contributed by atoms with van der Waals surface area (Å²) in [6.07, 6.45) is 4.51. The Kier molecular flexibility index (Phi) is 5.33.